The van der Waals surface area contributed by atoms with Crippen molar-refractivity contribution < 1.29 is 14.3 Å². The van der Waals surface area contributed by atoms with Crippen LogP contribution in [-0.2, 0) is 11.2 Å². The Balaban J connectivity index is 2.10. The highest BCUT2D eigenvalue weighted by Crippen LogP contribution is 2.30. The summed E-state index contributed by atoms with van der Waals surface area (Å²) in [6.45, 7) is 0. The molecule has 3 aromatic carbocycles. The van der Waals surface area contributed by atoms with Crippen LogP contribution in [0.4, 0.5) is 0 Å². The van der Waals surface area contributed by atoms with E-state index in [2.05, 4.69) is 0 Å². The van der Waals surface area contributed by atoms with E-state index in [0.29, 0.717) is 27.7 Å². The van der Waals surface area contributed by atoms with Gasteiger partial charge in [0.1, 0.15) is 11.3 Å². The average Bonchev–Trinajstić information content (AvgIpc) is 2.61. The number of carbonyl (C=O) groups is 1. The van der Waals surface area contributed by atoms with Gasteiger partial charge in [-0.15, -0.1) is 0 Å². The maximum Gasteiger partial charge on any atom is 0.307 e. The van der Waals surface area contributed by atoms with Gasteiger partial charge in [0.05, 0.1) is 11.8 Å². The Bertz CT molecular complexity index is 1160. The molecule has 1 heterocycles. The summed E-state index contributed by atoms with van der Waals surface area (Å²) in [6, 6.07) is 19.8. The molecule has 122 valence electrons. The molecule has 0 radical (unpaired) electrons. The summed E-state index contributed by atoms with van der Waals surface area (Å²) in [4.78, 5) is 23.8. The first-order chi connectivity index (χ1) is 12.1. The minimum atomic E-state index is -0.925. The summed E-state index contributed by atoms with van der Waals surface area (Å²) in [5, 5.41) is 11.2. The lowest BCUT2D eigenvalue weighted by Gasteiger charge is -2.09. The molecule has 0 atom stereocenters. The van der Waals surface area contributed by atoms with Gasteiger partial charge in [0.15, 0.2) is 5.43 Å². The summed E-state index contributed by atoms with van der Waals surface area (Å²) in [7, 11) is 0. The predicted octanol–water partition coefficient (Wildman–Crippen LogP) is 4.24. The molecule has 4 rings (SSSR count). The van der Waals surface area contributed by atoms with Gasteiger partial charge in [-0.3, -0.25) is 9.59 Å². The van der Waals surface area contributed by atoms with Crippen LogP contribution in [0.15, 0.2) is 75.9 Å². The monoisotopic (exact) mass is 330 g/mol. The Morgan fingerprint density at radius 1 is 0.960 bits per heavy atom. The molecule has 0 aliphatic rings. The summed E-state index contributed by atoms with van der Waals surface area (Å²) in [5.74, 6) is -0.457. The van der Waals surface area contributed by atoms with E-state index in [1.807, 2.05) is 48.5 Å². The molecule has 4 heteroatoms. The highest BCUT2D eigenvalue weighted by Gasteiger charge is 2.14. The van der Waals surface area contributed by atoms with Gasteiger partial charge in [0.25, 0.3) is 0 Å². The largest absolute Gasteiger partial charge is 0.481 e. The fourth-order valence-corrected chi connectivity index (χ4v) is 3.11. The maximum atomic E-state index is 12.6. The molecule has 0 spiro atoms. The van der Waals surface area contributed by atoms with Crippen LogP contribution in [0.2, 0.25) is 0 Å². The molecule has 1 N–H and O–H groups in total. The zero-order chi connectivity index (χ0) is 17.4. The highest BCUT2D eigenvalue weighted by atomic mass is 16.4. The Morgan fingerprint density at radius 2 is 1.76 bits per heavy atom. The molecule has 4 nitrogen and oxygen atoms in total. The summed E-state index contributed by atoms with van der Waals surface area (Å²) < 4.78 is 6.07. The van der Waals surface area contributed by atoms with Crippen molar-refractivity contribution in [2.45, 2.75) is 6.42 Å². The third-order valence-corrected chi connectivity index (χ3v) is 4.22. The number of carboxylic acid groups (broad SMARTS) is 1. The zero-order valence-corrected chi connectivity index (χ0v) is 13.2. The first kappa shape index (κ1) is 15.1. The second-order valence-electron chi connectivity index (χ2n) is 5.87. The Labute approximate surface area is 143 Å². The molecular weight excluding hydrogens is 316 g/mol. The smallest absolute Gasteiger partial charge is 0.307 e. The van der Waals surface area contributed by atoms with Crippen LogP contribution in [-0.4, -0.2) is 11.1 Å². The summed E-state index contributed by atoms with van der Waals surface area (Å²) in [5.41, 5.74) is 1.71. The molecular formula is C21H14O4. The van der Waals surface area contributed by atoms with Crippen molar-refractivity contribution in [3.8, 4) is 11.3 Å². The van der Waals surface area contributed by atoms with Gasteiger partial charge in [0, 0.05) is 17.0 Å². The molecule has 0 fully saturated rings. The van der Waals surface area contributed by atoms with Crippen molar-refractivity contribution in [3.63, 3.8) is 0 Å². The predicted molar refractivity (Wildman–Crippen MR) is 96.8 cm³/mol. The fourth-order valence-electron chi connectivity index (χ4n) is 3.11. The molecule has 0 aliphatic carbocycles. The standard InChI is InChI=1S/C21H14O4/c22-17-12-18(13-5-2-1-3-6-13)25-21-16(17)10-9-14-7-4-8-15(20(14)21)11-19(23)24/h1-10,12H,11H2,(H,23,24). The minimum absolute atomic E-state index is 0.129. The first-order valence-electron chi connectivity index (χ1n) is 7.89. The number of carboxylic acids is 1. The lowest BCUT2D eigenvalue weighted by Crippen LogP contribution is -2.03. The molecule has 1 aromatic heterocycles. The SMILES string of the molecule is O=C(O)Cc1cccc2ccc3c(=O)cc(-c4ccccc4)oc3c12. The molecule has 0 saturated carbocycles. The van der Waals surface area contributed by atoms with Crippen LogP contribution in [0.1, 0.15) is 5.56 Å². The van der Waals surface area contributed by atoms with Gasteiger partial charge < -0.3 is 9.52 Å². The molecule has 0 saturated heterocycles. The topological polar surface area (TPSA) is 67.5 Å². The third kappa shape index (κ3) is 2.68. The number of fused-ring (bicyclic) bond motifs is 3. The van der Waals surface area contributed by atoms with Crippen LogP contribution in [0.3, 0.4) is 0 Å². The Morgan fingerprint density at radius 3 is 2.52 bits per heavy atom. The van der Waals surface area contributed by atoms with Crippen LogP contribution < -0.4 is 5.43 Å². The molecule has 4 aromatic rings. The van der Waals surface area contributed by atoms with E-state index in [1.54, 1.807) is 12.1 Å². The molecule has 0 unspecified atom stereocenters. The van der Waals surface area contributed by atoms with Crippen LogP contribution >= 0.6 is 0 Å². The van der Waals surface area contributed by atoms with E-state index >= 15 is 0 Å². The normalized spacial score (nSPS) is 11.0. The number of hydrogen-bond donors (Lipinski definition) is 1. The molecule has 0 amide bonds. The second-order valence-corrected chi connectivity index (χ2v) is 5.87. The van der Waals surface area contributed by atoms with Crippen LogP contribution in [0.5, 0.6) is 0 Å². The van der Waals surface area contributed by atoms with E-state index in [4.69, 9.17) is 4.42 Å². The summed E-state index contributed by atoms with van der Waals surface area (Å²) >= 11 is 0. The van der Waals surface area contributed by atoms with Gasteiger partial charge in [-0.25, -0.2) is 0 Å². The third-order valence-electron chi connectivity index (χ3n) is 4.22. The van der Waals surface area contributed by atoms with Crippen molar-refractivity contribution in [1.82, 2.24) is 0 Å². The van der Waals surface area contributed by atoms with Gasteiger partial charge in [-0.2, -0.15) is 0 Å². The van der Waals surface area contributed by atoms with Crippen molar-refractivity contribution >= 4 is 27.7 Å². The number of hydrogen-bond acceptors (Lipinski definition) is 3. The van der Waals surface area contributed by atoms with Gasteiger partial charge >= 0.3 is 5.97 Å². The molecule has 0 bridgehead atoms. The lowest BCUT2D eigenvalue weighted by molar-refractivity contribution is -0.136. The average molecular weight is 330 g/mol. The maximum absolute atomic E-state index is 12.6. The van der Waals surface area contributed by atoms with E-state index < -0.39 is 5.97 Å². The van der Waals surface area contributed by atoms with Crippen LogP contribution in [0.25, 0.3) is 33.1 Å². The van der Waals surface area contributed by atoms with Crippen molar-refractivity contribution in [1.29, 1.82) is 0 Å². The van der Waals surface area contributed by atoms with E-state index in [-0.39, 0.29) is 11.8 Å². The fraction of sp³-hybridized carbons (Fsp3) is 0.0476. The van der Waals surface area contributed by atoms with E-state index in [0.717, 1.165) is 10.9 Å². The van der Waals surface area contributed by atoms with Gasteiger partial charge in [-0.05, 0) is 17.0 Å². The minimum Gasteiger partial charge on any atom is -0.481 e. The number of benzene rings is 3. The summed E-state index contributed by atoms with van der Waals surface area (Å²) in [6.07, 6.45) is -0.129. The van der Waals surface area contributed by atoms with Gasteiger partial charge in [0.2, 0.25) is 0 Å². The Hall–Kier alpha value is -3.40. The Kier molecular flexibility index (Phi) is 3.58. The molecule has 0 aliphatic heterocycles. The quantitative estimate of drug-likeness (QED) is 0.571. The molecule has 25 heavy (non-hydrogen) atoms. The van der Waals surface area contributed by atoms with Gasteiger partial charge in [-0.1, -0.05) is 54.6 Å². The van der Waals surface area contributed by atoms with Crippen molar-refractivity contribution in [3.05, 3.63) is 82.5 Å². The number of rotatable bonds is 3. The number of aliphatic carboxylic acids is 1. The van der Waals surface area contributed by atoms with Crippen LogP contribution in [0, 0.1) is 0 Å². The highest BCUT2D eigenvalue weighted by molar-refractivity contribution is 6.07. The lowest BCUT2D eigenvalue weighted by atomic mass is 9.99. The van der Waals surface area contributed by atoms with Crippen molar-refractivity contribution in [2.75, 3.05) is 0 Å². The van der Waals surface area contributed by atoms with E-state index in [1.165, 1.54) is 6.07 Å². The zero-order valence-electron chi connectivity index (χ0n) is 13.2. The van der Waals surface area contributed by atoms with E-state index in [9.17, 15) is 14.7 Å². The second kappa shape index (κ2) is 5.91. The van der Waals surface area contributed by atoms with Crippen molar-refractivity contribution in [2.24, 2.45) is 0 Å². The first-order valence-corrected chi connectivity index (χ1v) is 7.89.